The van der Waals surface area contributed by atoms with Crippen LogP contribution in [0.3, 0.4) is 0 Å². The van der Waals surface area contributed by atoms with Crippen molar-refractivity contribution in [3.05, 3.63) is 65.5 Å². The van der Waals surface area contributed by atoms with Crippen molar-refractivity contribution >= 4 is 17.6 Å². The molecular formula is C19H20FNO4. The van der Waals surface area contributed by atoms with E-state index >= 15 is 0 Å². The summed E-state index contributed by atoms with van der Waals surface area (Å²) in [6.07, 6.45) is 0.255. The summed E-state index contributed by atoms with van der Waals surface area (Å²) < 4.78 is 22.9. The number of rotatable bonds is 6. The summed E-state index contributed by atoms with van der Waals surface area (Å²) in [7, 11) is 2.43. The van der Waals surface area contributed by atoms with E-state index in [1.165, 1.54) is 26.4 Å². The average Bonchev–Trinajstić information content (AvgIpc) is 2.63. The molecule has 2 aromatic rings. The molecular weight excluding hydrogens is 325 g/mol. The van der Waals surface area contributed by atoms with Gasteiger partial charge in [-0.25, -0.2) is 4.39 Å². The summed E-state index contributed by atoms with van der Waals surface area (Å²) in [5, 5.41) is 0. The Balaban J connectivity index is 2.48. The number of anilines is 1. The van der Waals surface area contributed by atoms with Crippen LogP contribution in [0.5, 0.6) is 0 Å². The van der Waals surface area contributed by atoms with Crippen LogP contribution >= 0.6 is 0 Å². The minimum absolute atomic E-state index is 0.255. The number of benzene rings is 2. The fraction of sp³-hybridized carbons (Fsp3) is 0.263. The molecule has 0 amide bonds. The zero-order chi connectivity index (χ0) is 18.4. The quantitative estimate of drug-likeness (QED) is 0.495. The average molecular weight is 345 g/mol. The molecule has 0 saturated carbocycles. The minimum atomic E-state index is -1.15. The van der Waals surface area contributed by atoms with Crippen molar-refractivity contribution in [2.24, 2.45) is 5.92 Å². The first-order valence-electron chi connectivity index (χ1n) is 7.72. The van der Waals surface area contributed by atoms with Gasteiger partial charge in [0, 0.05) is 11.6 Å². The van der Waals surface area contributed by atoms with Crippen molar-refractivity contribution in [1.29, 1.82) is 0 Å². The molecule has 0 heterocycles. The van der Waals surface area contributed by atoms with E-state index in [0.717, 1.165) is 5.56 Å². The zero-order valence-corrected chi connectivity index (χ0v) is 14.1. The summed E-state index contributed by atoms with van der Waals surface area (Å²) in [5.41, 5.74) is 7.54. The minimum Gasteiger partial charge on any atom is -0.468 e. The first kappa shape index (κ1) is 18.4. The van der Waals surface area contributed by atoms with Gasteiger partial charge in [-0.15, -0.1) is 0 Å². The lowest BCUT2D eigenvalue weighted by Crippen LogP contribution is -2.33. The van der Waals surface area contributed by atoms with Gasteiger partial charge in [0.1, 0.15) is 5.82 Å². The Labute approximate surface area is 145 Å². The van der Waals surface area contributed by atoms with Gasteiger partial charge in [-0.3, -0.25) is 9.59 Å². The van der Waals surface area contributed by atoms with Gasteiger partial charge in [-0.1, -0.05) is 36.4 Å². The predicted molar refractivity (Wildman–Crippen MR) is 91.2 cm³/mol. The number of nitrogen functional groups attached to an aromatic ring is 1. The van der Waals surface area contributed by atoms with Crippen molar-refractivity contribution in [3.8, 4) is 0 Å². The van der Waals surface area contributed by atoms with Gasteiger partial charge < -0.3 is 15.2 Å². The Bertz CT molecular complexity index is 732. The summed E-state index contributed by atoms with van der Waals surface area (Å²) >= 11 is 0. The first-order valence-corrected chi connectivity index (χ1v) is 7.72. The number of carbonyl (C=O) groups excluding carboxylic acids is 2. The molecule has 0 radical (unpaired) electrons. The molecule has 0 aromatic heterocycles. The lowest BCUT2D eigenvalue weighted by Gasteiger charge is -2.24. The first-order chi connectivity index (χ1) is 12.0. The van der Waals surface area contributed by atoms with E-state index in [2.05, 4.69) is 0 Å². The zero-order valence-electron chi connectivity index (χ0n) is 14.1. The van der Waals surface area contributed by atoms with Crippen molar-refractivity contribution in [2.75, 3.05) is 20.0 Å². The van der Waals surface area contributed by atoms with Gasteiger partial charge in [0.05, 0.1) is 14.2 Å². The third-order valence-electron chi connectivity index (χ3n) is 4.09. The lowest BCUT2D eigenvalue weighted by atomic mass is 9.81. The number of esters is 2. The van der Waals surface area contributed by atoms with Crippen molar-refractivity contribution < 1.29 is 23.5 Å². The molecule has 2 aromatic carbocycles. The third-order valence-corrected chi connectivity index (χ3v) is 4.09. The standard InChI is InChI=1S/C19H20FNO4/c1-24-18(22)17(19(23)25-2)15(12-6-4-3-5-7-12)10-13-8-9-14(20)11-16(13)21/h3-9,11,15,17H,10,21H2,1-2H3. The van der Waals surface area contributed by atoms with Crippen LogP contribution in [0.4, 0.5) is 10.1 Å². The Morgan fingerprint density at radius 1 is 1.04 bits per heavy atom. The second-order valence-electron chi connectivity index (χ2n) is 5.59. The second-order valence-corrected chi connectivity index (χ2v) is 5.59. The van der Waals surface area contributed by atoms with E-state index in [1.807, 2.05) is 30.3 Å². The van der Waals surface area contributed by atoms with E-state index in [9.17, 15) is 14.0 Å². The van der Waals surface area contributed by atoms with Gasteiger partial charge in [0.15, 0.2) is 5.92 Å². The Morgan fingerprint density at radius 2 is 1.64 bits per heavy atom. The molecule has 0 aliphatic carbocycles. The summed E-state index contributed by atoms with van der Waals surface area (Å²) in [6, 6.07) is 13.1. The van der Waals surface area contributed by atoms with E-state index in [4.69, 9.17) is 15.2 Å². The van der Waals surface area contributed by atoms with Crippen molar-refractivity contribution in [3.63, 3.8) is 0 Å². The monoisotopic (exact) mass is 345 g/mol. The van der Waals surface area contributed by atoms with Crippen LogP contribution < -0.4 is 5.73 Å². The van der Waals surface area contributed by atoms with Crippen molar-refractivity contribution in [1.82, 2.24) is 0 Å². The van der Waals surface area contributed by atoms with Gasteiger partial charge in [0.2, 0.25) is 0 Å². The summed E-state index contributed by atoms with van der Waals surface area (Å²) in [6.45, 7) is 0. The van der Waals surface area contributed by atoms with Gasteiger partial charge >= 0.3 is 11.9 Å². The van der Waals surface area contributed by atoms with Crippen LogP contribution in [0.1, 0.15) is 17.0 Å². The van der Waals surface area contributed by atoms with Gasteiger partial charge in [-0.2, -0.15) is 0 Å². The molecule has 25 heavy (non-hydrogen) atoms. The van der Waals surface area contributed by atoms with Crippen LogP contribution in [-0.4, -0.2) is 26.2 Å². The number of nitrogens with two attached hydrogens (primary N) is 1. The van der Waals surface area contributed by atoms with E-state index in [1.54, 1.807) is 6.07 Å². The third kappa shape index (κ3) is 4.35. The highest BCUT2D eigenvalue weighted by Gasteiger charge is 2.38. The maximum Gasteiger partial charge on any atom is 0.320 e. The lowest BCUT2D eigenvalue weighted by molar-refractivity contribution is -0.160. The molecule has 2 N–H and O–H groups in total. The maximum atomic E-state index is 13.3. The number of halogens is 1. The van der Waals surface area contributed by atoms with Crippen molar-refractivity contribution in [2.45, 2.75) is 12.3 Å². The van der Waals surface area contributed by atoms with Gasteiger partial charge in [0.25, 0.3) is 0 Å². The van der Waals surface area contributed by atoms with E-state index in [0.29, 0.717) is 5.56 Å². The highest BCUT2D eigenvalue weighted by molar-refractivity contribution is 5.96. The fourth-order valence-corrected chi connectivity index (χ4v) is 2.80. The van der Waals surface area contributed by atoms with Crippen LogP contribution in [0.2, 0.25) is 0 Å². The molecule has 0 bridgehead atoms. The number of ether oxygens (including phenoxy) is 2. The molecule has 0 aliphatic heterocycles. The normalized spacial score (nSPS) is 11.8. The van der Waals surface area contributed by atoms with Gasteiger partial charge in [-0.05, 0) is 29.7 Å². The maximum absolute atomic E-state index is 13.3. The highest BCUT2D eigenvalue weighted by Crippen LogP contribution is 2.32. The number of hydrogen-bond donors (Lipinski definition) is 1. The molecule has 0 spiro atoms. The van der Waals surface area contributed by atoms with Crippen LogP contribution in [0.25, 0.3) is 0 Å². The largest absolute Gasteiger partial charge is 0.468 e. The molecule has 5 nitrogen and oxygen atoms in total. The van der Waals surface area contributed by atoms with Crippen LogP contribution in [0, 0.1) is 11.7 Å². The Hall–Kier alpha value is -2.89. The molecule has 1 atom stereocenters. The topological polar surface area (TPSA) is 78.6 Å². The molecule has 1 unspecified atom stereocenters. The fourth-order valence-electron chi connectivity index (χ4n) is 2.80. The molecule has 6 heteroatoms. The summed E-state index contributed by atoms with van der Waals surface area (Å²) in [4.78, 5) is 24.5. The molecule has 132 valence electrons. The highest BCUT2D eigenvalue weighted by atomic mass is 19.1. The van der Waals surface area contributed by atoms with E-state index < -0.39 is 29.6 Å². The number of methoxy groups -OCH3 is 2. The van der Waals surface area contributed by atoms with E-state index in [-0.39, 0.29) is 12.1 Å². The smallest absolute Gasteiger partial charge is 0.320 e. The molecule has 0 saturated heterocycles. The number of hydrogen-bond acceptors (Lipinski definition) is 5. The summed E-state index contributed by atoms with van der Waals surface area (Å²) in [5.74, 6) is -3.55. The Morgan fingerprint density at radius 3 is 2.16 bits per heavy atom. The number of carbonyl (C=O) groups is 2. The predicted octanol–water partition coefficient (Wildman–Crippen LogP) is 2.70. The van der Waals surface area contributed by atoms with Crippen LogP contribution in [0.15, 0.2) is 48.5 Å². The molecule has 0 fully saturated rings. The SMILES string of the molecule is COC(=O)C(C(=O)OC)C(Cc1ccc(F)cc1N)c1ccccc1. The molecule has 0 aliphatic rings. The molecule has 2 rings (SSSR count). The second kappa shape index (κ2) is 8.28. The Kier molecular flexibility index (Phi) is 6.11. The van der Waals surface area contributed by atoms with Crippen LogP contribution in [-0.2, 0) is 25.5 Å².